The zero-order valence-electron chi connectivity index (χ0n) is 7.22. The molecule has 0 saturated carbocycles. The number of hydrogen-bond acceptors (Lipinski definition) is 6. The first kappa shape index (κ1) is 41.7. The van der Waals surface area contributed by atoms with Crippen molar-refractivity contribution < 1.29 is 19.5 Å². The molecule has 15 N–H and O–H groups in total. The van der Waals surface area contributed by atoms with E-state index < -0.39 is 0 Å². The molecular formula is C5H20N6Ru. The third-order valence-electron chi connectivity index (χ3n) is 0.566. The van der Waals surface area contributed by atoms with Crippen LogP contribution >= 0.6 is 0 Å². The maximum Gasteiger partial charge on any atom is 0.0267 e. The Bertz CT molecular complexity index is 87.9. The van der Waals surface area contributed by atoms with E-state index in [4.69, 9.17) is 0 Å². The van der Waals surface area contributed by atoms with Crippen LogP contribution in [0.2, 0.25) is 0 Å². The van der Waals surface area contributed by atoms with Crippen LogP contribution in [0.25, 0.3) is 0 Å². The van der Waals surface area contributed by atoms with E-state index in [1.165, 1.54) is 0 Å². The van der Waals surface area contributed by atoms with Crippen molar-refractivity contribution in [1.29, 1.82) is 0 Å². The second kappa shape index (κ2) is 31.2. The van der Waals surface area contributed by atoms with Gasteiger partial charge in [0, 0.05) is 31.9 Å². The van der Waals surface area contributed by atoms with Crippen LogP contribution in [-0.2, 0) is 19.5 Å². The molecule has 0 bridgehead atoms. The van der Waals surface area contributed by atoms with E-state index in [1.54, 1.807) is 12.4 Å². The van der Waals surface area contributed by atoms with Crippen LogP contribution in [0, 0.1) is 0 Å². The molecule has 0 aliphatic carbocycles. The largest absolute Gasteiger partial charge is 0.344 e. The first-order valence-corrected chi connectivity index (χ1v) is 1.85. The fraction of sp³-hybridized carbons (Fsp3) is 0. The van der Waals surface area contributed by atoms with Gasteiger partial charge in [0.1, 0.15) is 0 Å². The van der Waals surface area contributed by atoms with Crippen LogP contribution in [0.3, 0.4) is 0 Å². The minimum atomic E-state index is 0. The summed E-state index contributed by atoms with van der Waals surface area (Å²) in [4.78, 5) is 3.78. The van der Waals surface area contributed by atoms with E-state index in [1.807, 2.05) is 18.2 Å². The van der Waals surface area contributed by atoms with E-state index in [-0.39, 0.29) is 50.2 Å². The Hall–Kier alpha value is -0.427. The SMILES string of the molecule is N.N.N.N.N.[Ru].c1ccncc1. The summed E-state index contributed by atoms with van der Waals surface area (Å²) < 4.78 is 0. The van der Waals surface area contributed by atoms with Crippen LogP contribution in [0.4, 0.5) is 0 Å². The topological polar surface area (TPSA) is 188 Å². The molecule has 0 fully saturated rings. The van der Waals surface area contributed by atoms with Gasteiger partial charge in [-0.15, -0.1) is 0 Å². The summed E-state index contributed by atoms with van der Waals surface area (Å²) in [6.45, 7) is 0. The Balaban J connectivity index is -0.0000000150. The van der Waals surface area contributed by atoms with Crippen molar-refractivity contribution in [1.82, 2.24) is 35.7 Å². The molecule has 1 aromatic rings. The Labute approximate surface area is 86.2 Å². The van der Waals surface area contributed by atoms with Gasteiger partial charge in [-0.3, -0.25) is 4.98 Å². The average molecular weight is 265 g/mol. The minimum Gasteiger partial charge on any atom is -0.344 e. The smallest absolute Gasteiger partial charge is 0.0267 e. The van der Waals surface area contributed by atoms with E-state index in [0.29, 0.717) is 0 Å². The van der Waals surface area contributed by atoms with E-state index in [2.05, 4.69) is 4.98 Å². The van der Waals surface area contributed by atoms with Crippen LogP contribution in [0.15, 0.2) is 30.6 Å². The van der Waals surface area contributed by atoms with Crippen molar-refractivity contribution in [2.24, 2.45) is 0 Å². The maximum absolute atomic E-state index is 3.78. The molecule has 0 radical (unpaired) electrons. The molecule has 7 heteroatoms. The Morgan fingerprint density at radius 3 is 1.00 bits per heavy atom. The van der Waals surface area contributed by atoms with Gasteiger partial charge >= 0.3 is 0 Å². The van der Waals surface area contributed by atoms with Gasteiger partial charge in [-0.1, -0.05) is 6.07 Å². The molecule has 1 rings (SSSR count). The number of nitrogens with zero attached hydrogens (tertiary/aromatic N) is 1. The maximum atomic E-state index is 3.78. The molecule has 0 aromatic carbocycles. The Morgan fingerprint density at radius 2 is 0.917 bits per heavy atom. The minimum absolute atomic E-state index is 0. The van der Waals surface area contributed by atoms with E-state index in [9.17, 15) is 0 Å². The predicted molar refractivity (Wildman–Crippen MR) is 49.3 cm³/mol. The summed E-state index contributed by atoms with van der Waals surface area (Å²) in [6, 6.07) is 5.72. The molecule has 0 atom stereocenters. The number of hydrogen-bond donors (Lipinski definition) is 5. The number of aromatic nitrogens is 1. The molecule has 6 nitrogen and oxygen atoms in total. The van der Waals surface area contributed by atoms with Gasteiger partial charge in [0.2, 0.25) is 0 Å². The third-order valence-corrected chi connectivity index (χ3v) is 0.566. The molecule has 0 spiro atoms. The van der Waals surface area contributed by atoms with Crippen molar-refractivity contribution >= 4 is 0 Å². The molecule has 0 aliphatic rings. The monoisotopic (exact) mass is 266 g/mol. The van der Waals surface area contributed by atoms with Crippen molar-refractivity contribution in [2.45, 2.75) is 0 Å². The zero-order valence-corrected chi connectivity index (χ0v) is 8.96. The van der Waals surface area contributed by atoms with Crippen molar-refractivity contribution in [3.8, 4) is 0 Å². The van der Waals surface area contributed by atoms with Gasteiger partial charge in [0.15, 0.2) is 0 Å². The molecule has 0 aliphatic heterocycles. The van der Waals surface area contributed by atoms with E-state index in [0.717, 1.165) is 0 Å². The van der Waals surface area contributed by atoms with Gasteiger partial charge in [0.05, 0.1) is 0 Å². The molecular weight excluding hydrogens is 245 g/mol. The van der Waals surface area contributed by atoms with Gasteiger partial charge in [0.25, 0.3) is 0 Å². The van der Waals surface area contributed by atoms with Crippen LogP contribution in [0.1, 0.15) is 0 Å². The zero-order chi connectivity index (χ0) is 4.24. The third kappa shape index (κ3) is 22.7. The average Bonchev–Trinajstić information content (AvgIpc) is 1.72. The second-order valence-corrected chi connectivity index (χ2v) is 1.02. The van der Waals surface area contributed by atoms with Crippen LogP contribution in [-0.4, -0.2) is 4.98 Å². The van der Waals surface area contributed by atoms with Gasteiger partial charge in [-0.2, -0.15) is 0 Å². The second-order valence-electron chi connectivity index (χ2n) is 1.02. The quantitative estimate of drug-likeness (QED) is 0.445. The summed E-state index contributed by atoms with van der Waals surface area (Å²) in [6.07, 6.45) is 3.50. The van der Waals surface area contributed by atoms with Gasteiger partial charge in [-0.25, -0.2) is 0 Å². The summed E-state index contributed by atoms with van der Waals surface area (Å²) in [5, 5.41) is 0. The summed E-state index contributed by atoms with van der Waals surface area (Å²) in [5.74, 6) is 0. The predicted octanol–water partition coefficient (Wildman–Crippen LogP) is 1.89. The van der Waals surface area contributed by atoms with Crippen LogP contribution in [0.5, 0.6) is 0 Å². The summed E-state index contributed by atoms with van der Waals surface area (Å²) in [5.41, 5.74) is 0. The van der Waals surface area contributed by atoms with Crippen molar-refractivity contribution in [3.05, 3.63) is 30.6 Å². The van der Waals surface area contributed by atoms with Gasteiger partial charge < -0.3 is 30.8 Å². The molecule has 0 saturated heterocycles. The number of rotatable bonds is 0. The molecule has 1 heterocycles. The summed E-state index contributed by atoms with van der Waals surface area (Å²) >= 11 is 0. The molecule has 12 heavy (non-hydrogen) atoms. The van der Waals surface area contributed by atoms with E-state index >= 15 is 0 Å². The van der Waals surface area contributed by atoms with Crippen LogP contribution < -0.4 is 30.8 Å². The molecule has 78 valence electrons. The standard InChI is InChI=1S/C5H5N.5H3N.Ru/c1-2-4-6-5-3-1;;;;;;/h1-5H;5*1H3;. The first-order valence-electron chi connectivity index (χ1n) is 1.85. The molecule has 1 aromatic heterocycles. The number of pyridine rings is 1. The van der Waals surface area contributed by atoms with Crippen molar-refractivity contribution in [2.75, 3.05) is 0 Å². The fourth-order valence-corrected chi connectivity index (χ4v) is 0.313. The Kier molecular flexibility index (Phi) is 108. The first-order chi connectivity index (χ1) is 3.00. The Morgan fingerprint density at radius 1 is 0.583 bits per heavy atom. The van der Waals surface area contributed by atoms with Gasteiger partial charge in [-0.05, 0) is 12.1 Å². The fourth-order valence-electron chi connectivity index (χ4n) is 0.313. The summed E-state index contributed by atoms with van der Waals surface area (Å²) in [7, 11) is 0. The van der Waals surface area contributed by atoms with Crippen molar-refractivity contribution in [3.63, 3.8) is 0 Å². The molecule has 0 amide bonds. The normalized spacial score (nSPS) is 4.00. The molecule has 0 unspecified atom stereocenters.